The van der Waals surface area contributed by atoms with Crippen LogP contribution < -0.4 is 5.32 Å². The second-order valence-corrected chi connectivity index (χ2v) is 6.70. The summed E-state index contributed by atoms with van der Waals surface area (Å²) in [6.07, 6.45) is 1.80. The van der Waals surface area contributed by atoms with E-state index in [1.54, 1.807) is 24.3 Å². The molecular weight excluding hydrogens is 349 g/mol. The molecule has 4 rings (SSSR count). The van der Waals surface area contributed by atoms with Crippen LogP contribution in [0.25, 0.3) is 6.08 Å². The predicted octanol–water partition coefficient (Wildman–Crippen LogP) is 4.63. The average Bonchev–Trinajstić information content (AvgIpc) is 3.21. The van der Waals surface area contributed by atoms with Crippen LogP contribution in [-0.4, -0.2) is 12.4 Å². The molecule has 1 unspecified atom stereocenters. The van der Waals surface area contributed by atoms with Crippen LogP contribution in [-0.2, 0) is 5.54 Å². The SMILES string of the molecule is C=Cc1cccc(C2(c3ccc(F)cc3)CNC(c3cccc(C#N)c3)=N2)c1. The van der Waals surface area contributed by atoms with Crippen LogP contribution in [0, 0.1) is 17.1 Å². The summed E-state index contributed by atoms with van der Waals surface area (Å²) < 4.78 is 13.5. The lowest BCUT2D eigenvalue weighted by molar-refractivity contribution is 0.564. The molecule has 0 aromatic heterocycles. The summed E-state index contributed by atoms with van der Waals surface area (Å²) in [6, 6.07) is 24.0. The molecule has 1 N–H and O–H groups in total. The van der Waals surface area contributed by atoms with E-state index < -0.39 is 5.54 Å². The molecule has 1 aliphatic rings. The van der Waals surface area contributed by atoms with Gasteiger partial charge in [-0.2, -0.15) is 5.26 Å². The topological polar surface area (TPSA) is 48.2 Å². The van der Waals surface area contributed by atoms with Crippen LogP contribution in [0.15, 0.2) is 84.4 Å². The Morgan fingerprint density at radius 2 is 1.82 bits per heavy atom. The first-order valence-corrected chi connectivity index (χ1v) is 8.98. The summed E-state index contributed by atoms with van der Waals surface area (Å²) in [5, 5.41) is 12.6. The maximum Gasteiger partial charge on any atom is 0.130 e. The third-order valence-corrected chi connectivity index (χ3v) is 5.00. The minimum Gasteiger partial charge on any atom is -0.367 e. The highest BCUT2D eigenvalue weighted by molar-refractivity contribution is 6.01. The predicted molar refractivity (Wildman–Crippen MR) is 109 cm³/mol. The van der Waals surface area contributed by atoms with Gasteiger partial charge in [0.1, 0.15) is 17.2 Å². The first-order chi connectivity index (χ1) is 13.6. The molecule has 3 aromatic carbocycles. The Kier molecular flexibility index (Phi) is 4.50. The molecule has 136 valence electrons. The molecule has 0 saturated heterocycles. The second kappa shape index (κ2) is 7.13. The van der Waals surface area contributed by atoms with Gasteiger partial charge in [0.2, 0.25) is 0 Å². The van der Waals surface area contributed by atoms with Crippen LogP contribution in [0.1, 0.15) is 27.8 Å². The molecular formula is C24H18FN3. The molecule has 3 aromatic rings. The third kappa shape index (κ3) is 3.08. The van der Waals surface area contributed by atoms with Crippen LogP contribution in [0.5, 0.6) is 0 Å². The number of hydrogen-bond acceptors (Lipinski definition) is 3. The van der Waals surface area contributed by atoms with Gasteiger partial charge in [-0.1, -0.05) is 55.1 Å². The molecule has 0 radical (unpaired) electrons. The third-order valence-electron chi connectivity index (χ3n) is 5.00. The number of amidine groups is 1. The molecule has 1 heterocycles. The fourth-order valence-electron chi connectivity index (χ4n) is 3.53. The van der Waals surface area contributed by atoms with Crippen molar-refractivity contribution in [1.82, 2.24) is 5.32 Å². The van der Waals surface area contributed by atoms with Crippen LogP contribution in [0.4, 0.5) is 4.39 Å². The minimum atomic E-state index is -0.690. The Balaban J connectivity index is 1.89. The number of nitriles is 1. The lowest BCUT2D eigenvalue weighted by atomic mass is 9.83. The van der Waals surface area contributed by atoms with Gasteiger partial charge < -0.3 is 5.32 Å². The van der Waals surface area contributed by atoms with E-state index in [1.165, 1.54) is 12.1 Å². The Hall–Kier alpha value is -3.71. The molecule has 4 heteroatoms. The van der Waals surface area contributed by atoms with E-state index in [1.807, 2.05) is 36.4 Å². The summed E-state index contributed by atoms with van der Waals surface area (Å²) in [5.74, 6) is 0.432. The molecule has 1 aliphatic heterocycles. The van der Waals surface area contributed by atoms with Gasteiger partial charge in [0.25, 0.3) is 0 Å². The van der Waals surface area contributed by atoms with Crippen molar-refractivity contribution in [1.29, 1.82) is 5.26 Å². The zero-order chi connectivity index (χ0) is 19.6. The molecule has 0 saturated carbocycles. The van der Waals surface area contributed by atoms with Crippen molar-refractivity contribution in [2.45, 2.75) is 5.54 Å². The van der Waals surface area contributed by atoms with Gasteiger partial charge in [0.05, 0.1) is 11.6 Å². The smallest absolute Gasteiger partial charge is 0.130 e. The molecule has 3 nitrogen and oxygen atoms in total. The van der Waals surface area contributed by atoms with Crippen LogP contribution in [0.2, 0.25) is 0 Å². The maximum absolute atomic E-state index is 13.5. The van der Waals surface area contributed by atoms with Crippen molar-refractivity contribution < 1.29 is 4.39 Å². The van der Waals surface area contributed by atoms with Crippen molar-refractivity contribution in [3.8, 4) is 6.07 Å². The number of aliphatic imine (C=N–C) groups is 1. The van der Waals surface area contributed by atoms with Crippen molar-refractivity contribution in [2.75, 3.05) is 6.54 Å². The van der Waals surface area contributed by atoms with Crippen LogP contribution >= 0.6 is 0 Å². The summed E-state index contributed by atoms with van der Waals surface area (Å²) in [4.78, 5) is 5.05. The highest BCUT2D eigenvalue weighted by Crippen LogP contribution is 2.37. The average molecular weight is 367 g/mol. The number of nitrogens with zero attached hydrogens (tertiary/aromatic N) is 2. The van der Waals surface area contributed by atoms with E-state index in [9.17, 15) is 9.65 Å². The van der Waals surface area contributed by atoms with Gasteiger partial charge in [0, 0.05) is 12.1 Å². The molecule has 1 atom stereocenters. The van der Waals surface area contributed by atoms with Gasteiger partial charge in [-0.3, -0.25) is 0 Å². The highest BCUT2D eigenvalue weighted by Gasteiger charge is 2.39. The number of halogens is 1. The minimum absolute atomic E-state index is 0.282. The second-order valence-electron chi connectivity index (χ2n) is 6.70. The summed E-state index contributed by atoms with van der Waals surface area (Å²) in [6.45, 7) is 4.39. The molecule has 0 fully saturated rings. The summed E-state index contributed by atoms with van der Waals surface area (Å²) in [7, 11) is 0. The lowest BCUT2D eigenvalue weighted by Gasteiger charge is -2.27. The Bertz CT molecular complexity index is 1110. The van der Waals surface area contributed by atoms with Gasteiger partial charge in [-0.05, 0) is 47.0 Å². The standard InChI is InChI=1S/C24H18FN3/c1-2-17-5-4-8-21(14-17)24(20-9-11-22(25)12-10-20)16-27-23(28-24)19-7-3-6-18(13-19)15-26/h2-14H,1,16H2,(H,27,28). The molecule has 0 bridgehead atoms. The first kappa shape index (κ1) is 17.7. The first-order valence-electron chi connectivity index (χ1n) is 8.98. The zero-order valence-corrected chi connectivity index (χ0v) is 15.2. The Morgan fingerprint density at radius 1 is 1.04 bits per heavy atom. The zero-order valence-electron chi connectivity index (χ0n) is 15.2. The van der Waals surface area contributed by atoms with E-state index in [0.29, 0.717) is 17.9 Å². The maximum atomic E-state index is 13.5. The van der Waals surface area contributed by atoms with E-state index >= 15 is 0 Å². The summed E-state index contributed by atoms with van der Waals surface area (Å²) >= 11 is 0. The van der Waals surface area contributed by atoms with Crippen molar-refractivity contribution in [2.24, 2.45) is 4.99 Å². The van der Waals surface area contributed by atoms with Gasteiger partial charge in [0.15, 0.2) is 0 Å². The summed E-state index contributed by atoms with van der Waals surface area (Å²) in [5.41, 5.74) is 3.63. The Labute approximate surface area is 163 Å². The number of rotatable bonds is 4. The number of nitrogens with one attached hydrogen (secondary N) is 1. The molecule has 28 heavy (non-hydrogen) atoms. The van der Waals surface area contributed by atoms with Crippen molar-refractivity contribution in [3.63, 3.8) is 0 Å². The van der Waals surface area contributed by atoms with E-state index in [4.69, 9.17) is 4.99 Å². The Morgan fingerprint density at radius 3 is 2.57 bits per heavy atom. The van der Waals surface area contributed by atoms with E-state index in [2.05, 4.69) is 24.0 Å². The fraction of sp³-hybridized carbons (Fsp3) is 0.0833. The normalized spacial score (nSPS) is 18.1. The van der Waals surface area contributed by atoms with E-state index in [-0.39, 0.29) is 5.82 Å². The fourth-order valence-corrected chi connectivity index (χ4v) is 3.53. The van der Waals surface area contributed by atoms with Gasteiger partial charge in [-0.15, -0.1) is 0 Å². The highest BCUT2D eigenvalue weighted by atomic mass is 19.1. The molecule has 0 aliphatic carbocycles. The van der Waals surface area contributed by atoms with Gasteiger partial charge in [-0.25, -0.2) is 9.38 Å². The molecule has 0 amide bonds. The van der Waals surface area contributed by atoms with E-state index in [0.717, 1.165) is 22.3 Å². The largest absolute Gasteiger partial charge is 0.367 e. The van der Waals surface area contributed by atoms with Crippen molar-refractivity contribution >= 4 is 11.9 Å². The van der Waals surface area contributed by atoms with Crippen LogP contribution in [0.3, 0.4) is 0 Å². The molecule has 0 spiro atoms. The number of hydrogen-bond donors (Lipinski definition) is 1. The van der Waals surface area contributed by atoms with Gasteiger partial charge >= 0.3 is 0 Å². The quantitative estimate of drug-likeness (QED) is 0.731. The monoisotopic (exact) mass is 367 g/mol. The number of benzene rings is 3. The van der Waals surface area contributed by atoms with Crippen molar-refractivity contribution in [3.05, 3.63) is 113 Å². The lowest BCUT2D eigenvalue weighted by Crippen LogP contribution is -2.31.